The molecule has 1 aromatic rings. The summed E-state index contributed by atoms with van der Waals surface area (Å²) in [5.74, 6) is -1.16. The van der Waals surface area contributed by atoms with Crippen LogP contribution in [0.25, 0.3) is 0 Å². The van der Waals surface area contributed by atoms with Crippen LogP contribution in [0.1, 0.15) is 31.2 Å². The summed E-state index contributed by atoms with van der Waals surface area (Å²) in [6.45, 7) is 2.65. The zero-order valence-corrected chi connectivity index (χ0v) is 9.68. The van der Waals surface area contributed by atoms with Crippen molar-refractivity contribution in [2.24, 2.45) is 0 Å². The van der Waals surface area contributed by atoms with Crippen LogP contribution in [0.2, 0.25) is 0 Å². The van der Waals surface area contributed by atoms with Crippen LogP contribution in [0.4, 0.5) is 0 Å². The summed E-state index contributed by atoms with van der Waals surface area (Å²) >= 11 is 0. The molecule has 1 atom stereocenters. The van der Waals surface area contributed by atoms with Gasteiger partial charge in [0, 0.05) is 12.4 Å². The number of nitrogens with zero attached hydrogens (tertiary/aromatic N) is 1. The van der Waals surface area contributed by atoms with Crippen LogP contribution in [0.3, 0.4) is 0 Å². The molecule has 0 aliphatic rings. The molecule has 17 heavy (non-hydrogen) atoms. The Morgan fingerprint density at radius 1 is 1.47 bits per heavy atom. The molecule has 4 nitrogen and oxygen atoms in total. The SMILES string of the molecule is CCCOc1ccc([C@@H](C#N)CC(=O)[O-])cc1. The number of carboxylic acid groups (broad SMARTS) is 1. The van der Waals surface area contributed by atoms with Gasteiger partial charge in [-0.2, -0.15) is 5.26 Å². The first-order chi connectivity index (χ1) is 8.17. The molecule has 1 aromatic carbocycles. The van der Waals surface area contributed by atoms with Gasteiger partial charge in [0.15, 0.2) is 0 Å². The lowest BCUT2D eigenvalue weighted by molar-refractivity contribution is -0.305. The summed E-state index contributed by atoms with van der Waals surface area (Å²) in [7, 11) is 0. The van der Waals surface area contributed by atoms with E-state index in [4.69, 9.17) is 10.00 Å². The van der Waals surface area contributed by atoms with Crippen molar-refractivity contribution in [2.45, 2.75) is 25.7 Å². The Balaban J connectivity index is 2.71. The predicted molar refractivity (Wildman–Crippen MR) is 60.2 cm³/mol. The maximum atomic E-state index is 10.5. The third-order valence-corrected chi connectivity index (χ3v) is 2.28. The van der Waals surface area contributed by atoms with E-state index in [9.17, 15) is 9.90 Å². The molecule has 0 saturated heterocycles. The third-order valence-electron chi connectivity index (χ3n) is 2.28. The van der Waals surface area contributed by atoms with E-state index in [2.05, 4.69) is 0 Å². The fraction of sp³-hybridized carbons (Fsp3) is 0.385. The Hall–Kier alpha value is -2.02. The first-order valence-corrected chi connectivity index (χ1v) is 5.49. The Bertz CT molecular complexity index is 406. The molecule has 0 spiro atoms. The van der Waals surface area contributed by atoms with Gasteiger partial charge in [-0.05, 0) is 24.1 Å². The van der Waals surface area contributed by atoms with Gasteiger partial charge < -0.3 is 14.6 Å². The summed E-state index contributed by atoms with van der Waals surface area (Å²) in [6, 6.07) is 8.85. The van der Waals surface area contributed by atoms with Crippen molar-refractivity contribution in [2.75, 3.05) is 6.61 Å². The van der Waals surface area contributed by atoms with Crippen molar-refractivity contribution in [3.8, 4) is 11.8 Å². The van der Waals surface area contributed by atoms with E-state index >= 15 is 0 Å². The summed E-state index contributed by atoms with van der Waals surface area (Å²) in [5, 5.41) is 19.3. The molecule has 0 amide bonds. The van der Waals surface area contributed by atoms with Crippen LogP contribution in [0, 0.1) is 11.3 Å². The lowest BCUT2D eigenvalue weighted by Gasteiger charge is -2.11. The molecule has 0 saturated carbocycles. The first-order valence-electron chi connectivity index (χ1n) is 5.49. The Labute approximate surface area is 100 Å². The molecule has 0 unspecified atom stereocenters. The highest BCUT2D eigenvalue weighted by molar-refractivity contribution is 5.66. The van der Waals surface area contributed by atoms with E-state index in [1.165, 1.54) is 0 Å². The van der Waals surface area contributed by atoms with E-state index < -0.39 is 11.9 Å². The monoisotopic (exact) mass is 232 g/mol. The van der Waals surface area contributed by atoms with E-state index in [1.807, 2.05) is 13.0 Å². The second-order valence-corrected chi connectivity index (χ2v) is 3.68. The maximum Gasteiger partial charge on any atom is 0.119 e. The number of nitriles is 1. The smallest absolute Gasteiger partial charge is 0.119 e. The molecule has 4 heteroatoms. The Morgan fingerprint density at radius 2 is 2.12 bits per heavy atom. The van der Waals surface area contributed by atoms with E-state index in [-0.39, 0.29) is 6.42 Å². The number of carbonyl (C=O) groups is 1. The predicted octanol–water partition coefficient (Wildman–Crippen LogP) is 1.22. The zero-order chi connectivity index (χ0) is 12.7. The van der Waals surface area contributed by atoms with Gasteiger partial charge in [0.1, 0.15) is 5.75 Å². The lowest BCUT2D eigenvalue weighted by Crippen LogP contribution is -2.24. The molecule has 0 heterocycles. The second-order valence-electron chi connectivity index (χ2n) is 3.68. The number of ether oxygens (including phenoxy) is 1. The third kappa shape index (κ3) is 4.15. The number of hydrogen-bond donors (Lipinski definition) is 0. The van der Waals surface area contributed by atoms with Crippen molar-refractivity contribution in [3.05, 3.63) is 29.8 Å². The van der Waals surface area contributed by atoms with E-state index in [0.29, 0.717) is 12.2 Å². The van der Waals surface area contributed by atoms with Crippen molar-refractivity contribution in [1.29, 1.82) is 5.26 Å². The van der Waals surface area contributed by atoms with Gasteiger partial charge in [0.2, 0.25) is 0 Å². The average molecular weight is 232 g/mol. The standard InChI is InChI=1S/C13H15NO3/c1-2-7-17-12-5-3-10(4-6-12)11(9-14)8-13(15)16/h3-6,11H,2,7-8H2,1H3,(H,15,16)/p-1/t11-/m1/s1. The largest absolute Gasteiger partial charge is 0.550 e. The summed E-state index contributed by atoms with van der Waals surface area (Å²) in [4.78, 5) is 10.5. The van der Waals surface area contributed by atoms with Gasteiger partial charge in [-0.25, -0.2) is 0 Å². The van der Waals surface area contributed by atoms with Gasteiger partial charge >= 0.3 is 0 Å². The summed E-state index contributed by atoms with van der Waals surface area (Å²) < 4.78 is 5.39. The topological polar surface area (TPSA) is 73.1 Å². The Kier molecular flexibility index (Phi) is 5.02. The summed E-state index contributed by atoms with van der Waals surface area (Å²) in [6.07, 6.45) is 0.638. The molecular weight excluding hydrogens is 218 g/mol. The zero-order valence-electron chi connectivity index (χ0n) is 9.68. The van der Waals surface area contributed by atoms with Crippen LogP contribution in [-0.2, 0) is 4.79 Å². The van der Waals surface area contributed by atoms with Gasteiger partial charge in [-0.1, -0.05) is 19.1 Å². The molecular formula is C13H14NO3-. The molecule has 1 rings (SSSR count). The highest BCUT2D eigenvalue weighted by Crippen LogP contribution is 2.21. The normalized spacial score (nSPS) is 11.5. The highest BCUT2D eigenvalue weighted by Gasteiger charge is 2.10. The molecule has 0 fully saturated rings. The highest BCUT2D eigenvalue weighted by atomic mass is 16.5. The average Bonchev–Trinajstić information content (AvgIpc) is 2.34. The second kappa shape index (κ2) is 6.54. The van der Waals surface area contributed by atoms with Crippen LogP contribution >= 0.6 is 0 Å². The Morgan fingerprint density at radius 3 is 2.59 bits per heavy atom. The van der Waals surface area contributed by atoms with Gasteiger partial charge in [-0.15, -0.1) is 0 Å². The fourth-order valence-corrected chi connectivity index (χ4v) is 1.42. The van der Waals surface area contributed by atoms with Crippen LogP contribution < -0.4 is 9.84 Å². The number of rotatable bonds is 6. The van der Waals surface area contributed by atoms with Gasteiger partial charge in [0.05, 0.1) is 18.6 Å². The van der Waals surface area contributed by atoms with Crippen molar-refractivity contribution < 1.29 is 14.6 Å². The van der Waals surface area contributed by atoms with Crippen molar-refractivity contribution >= 4 is 5.97 Å². The van der Waals surface area contributed by atoms with Gasteiger partial charge in [0.25, 0.3) is 0 Å². The molecule has 0 radical (unpaired) electrons. The lowest BCUT2D eigenvalue weighted by atomic mass is 9.97. The summed E-state index contributed by atoms with van der Waals surface area (Å²) in [5.41, 5.74) is 0.667. The fourth-order valence-electron chi connectivity index (χ4n) is 1.42. The van der Waals surface area contributed by atoms with Crippen LogP contribution in [-0.4, -0.2) is 12.6 Å². The molecule has 0 aliphatic carbocycles. The minimum absolute atomic E-state index is 0.286. The van der Waals surface area contributed by atoms with Crippen molar-refractivity contribution in [3.63, 3.8) is 0 Å². The van der Waals surface area contributed by atoms with Crippen LogP contribution in [0.15, 0.2) is 24.3 Å². The van der Waals surface area contributed by atoms with Gasteiger partial charge in [-0.3, -0.25) is 0 Å². The molecule has 0 bridgehead atoms. The number of carbonyl (C=O) groups excluding carboxylic acids is 1. The molecule has 90 valence electrons. The minimum Gasteiger partial charge on any atom is -0.550 e. The number of hydrogen-bond acceptors (Lipinski definition) is 4. The van der Waals surface area contributed by atoms with Crippen LogP contribution in [0.5, 0.6) is 5.75 Å². The maximum absolute atomic E-state index is 10.5. The minimum atomic E-state index is -1.22. The number of carboxylic acids is 1. The molecule has 0 aliphatic heterocycles. The molecule has 0 aromatic heterocycles. The quantitative estimate of drug-likeness (QED) is 0.739. The number of aliphatic carboxylic acids is 1. The van der Waals surface area contributed by atoms with E-state index in [0.717, 1.165) is 12.2 Å². The van der Waals surface area contributed by atoms with E-state index in [1.54, 1.807) is 24.3 Å². The first kappa shape index (κ1) is 13.0. The van der Waals surface area contributed by atoms with Crippen molar-refractivity contribution in [1.82, 2.24) is 0 Å². The molecule has 0 N–H and O–H groups in total. The number of benzene rings is 1.